The average Bonchev–Trinajstić information content (AvgIpc) is 2.53. The van der Waals surface area contributed by atoms with Crippen molar-refractivity contribution >= 4 is 17.5 Å². The highest BCUT2D eigenvalue weighted by atomic mass is 16.5. The molecule has 0 aliphatic carbocycles. The average molecular weight is 330 g/mol. The first-order valence-corrected chi connectivity index (χ1v) is 7.46. The van der Waals surface area contributed by atoms with E-state index in [9.17, 15) is 4.79 Å². The van der Waals surface area contributed by atoms with E-state index in [-0.39, 0.29) is 11.4 Å². The highest BCUT2D eigenvalue weighted by Crippen LogP contribution is 2.30. The van der Waals surface area contributed by atoms with Gasteiger partial charge < -0.3 is 20.1 Å². The van der Waals surface area contributed by atoms with Crippen LogP contribution in [0.3, 0.4) is 0 Å². The number of rotatable bonds is 5. The summed E-state index contributed by atoms with van der Waals surface area (Å²) in [4.78, 5) is 20.4. The number of anilines is 2. The largest absolute Gasteiger partial charge is 0.497 e. The lowest BCUT2D eigenvalue weighted by Gasteiger charge is -2.20. The third-order valence-corrected chi connectivity index (χ3v) is 3.06. The minimum Gasteiger partial charge on any atom is -0.497 e. The third-order valence-electron chi connectivity index (χ3n) is 3.06. The molecule has 0 aliphatic heterocycles. The Bertz CT molecular complexity index is 709. The second-order valence-electron chi connectivity index (χ2n) is 6.19. The molecule has 0 unspecified atom stereocenters. The Balaban J connectivity index is 2.16. The Morgan fingerprint density at radius 1 is 1.08 bits per heavy atom. The topological polar surface area (TPSA) is 85.4 Å². The Morgan fingerprint density at radius 2 is 1.75 bits per heavy atom. The summed E-state index contributed by atoms with van der Waals surface area (Å²) in [7, 11) is 3.17. The number of carbonyl (C=O) groups is 1. The molecule has 1 amide bonds. The van der Waals surface area contributed by atoms with Gasteiger partial charge in [0.15, 0.2) is 0 Å². The van der Waals surface area contributed by atoms with Gasteiger partial charge in [0.05, 0.1) is 25.5 Å². The number of ether oxygens (including phenoxy) is 2. The summed E-state index contributed by atoms with van der Waals surface area (Å²) >= 11 is 0. The smallest absolute Gasteiger partial charge is 0.254 e. The summed E-state index contributed by atoms with van der Waals surface area (Å²) in [6.45, 7) is 5.74. The lowest BCUT2D eigenvalue weighted by atomic mass is 10.1. The number of hydrogen-bond acceptors (Lipinski definition) is 6. The number of hydrogen-bond donors (Lipinski definition) is 2. The summed E-state index contributed by atoms with van der Waals surface area (Å²) in [5, 5.41) is 5.92. The lowest BCUT2D eigenvalue weighted by molar-refractivity contribution is 0.0919. The molecule has 1 aromatic heterocycles. The first-order chi connectivity index (χ1) is 11.3. The van der Waals surface area contributed by atoms with Gasteiger partial charge in [-0.05, 0) is 32.9 Å². The van der Waals surface area contributed by atoms with Crippen molar-refractivity contribution in [3.05, 3.63) is 36.2 Å². The Hall–Kier alpha value is -2.83. The number of aromatic nitrogens is 2. The van der Waals surface area contributed by atoms with Gasteiger partial charge in [0.25, 0.3) is 5.91 Å². The first kappa shape index (κ1) is 17.5. The van der Waals surface area contributed by atoms with Gasteiger partial charge in [-0.25, -0.2) is 9.97 Å². The van der Waals surface area contributed by atoms with Crippen LogP contribution in [-0.2, 0) is 0 Å². The van der Waals surface area contributed by atoms with E-state index in [0.29, 0.717) is 28.7 Å². The molecule has 2 aromatic rings. The van der Waals surface area contributed by atoms with Crippen LogP contribution in [0.1, 0.15) is 31.1 Å². The zero-order valence-corrected chi connectivity index (χ0v) is 14.5. The third kappa shape index (κ3) is 4.58. The number of methoxy groups -OCH3 is 2. The molecular weight excluding hydrogens is 308 g/mol. The number of carbonyl (C=O) groups excluding carboxylic acids is 1. The van der Waals surface area contributed by atoms with Gasteiger partial charge in [0.2, 0.25) is 5.95 Å². The minimum absolute atomic E-state index is 0.215. The van der Waals surface area contributed by atoms with Crippen molar-refractivity contribution in [2.45, 2.75) is 26.3 Å². The maximum atomic E-state index is 12.1. The number of amides is 1. The molecule has 0 saturated carbocycles. The second kappa shape index (κ2) is 7.16. The fourth-order valence-electron chi connectivity index (χ4n) is 1.95. The minimum atomic E-state index is -0.317. The van der Waals surface area contributed by atoms with Crippen LogP contribution >= 0.6 is 0 Å². The van der Waals surface area contributed by atoms with E-state index >= 15 is 0 Å². The van der Waals surface area contributed by atoms with E-state index < -0.39 is 0 Å². The van der Waals surface area contributed by atoms with Crippen LogP contribution < -0.4 is 20.1 Å². The molecule has 24 heavy (non-hydrogen) atoms. The zero-order valence-electron chi connectivity index (χ0n) is 14.5. The van der Waals surface area contributed by atoms with E-state index in [4.69, 9.17) is 9.47 Å². The molecule has 0 saturated heterocycles. The summed E-state index contributed by atoms with van der Waals surface area (Å²) in [6.07, 6.45) is 2.95. The van der Waals surface area contributed by atoms with E-state index in [0.717, 1.165) is 0 Å². The van der Waals surface area contributed by atoms with Crippen molar-refractivity contribution in [1.82, 2.24) is 15.3 Å². The van der Waals surface area contributed by atoms with Gasteiger partial charge in [-0.15, -0.1) is 0 Å². The van der Waals surface area contributed by atoms with Crippen molar-refractivity contribution in [3.8, 4) is 11.5 Å². The van der Waals surface area contributed by atoms with Crippen LogP contribution in [0.4, 0.5) is 11.6 Å². The second-order valence-corrected chi connectivity index (χ2v) is 6.19. The maximum Gasteiger partial charge on any atom is 0.254 e. The van der Waals surface area contributed by atoms with Crippen molar-refractivity contribution in [2.75, 3.05) is 19.5 Å². The quantitative estimate of drug-likeness (QED) is 0.877. The molecular formula is C17H22N4O3. The molecule has 1 heterocycles. The number of nitrogens with zero attached hydrogens (tertiary/aromatic N) is 2. The SMILES string of the molecule is COc1ccc(OC)c(Nc2ncc(C(=O)NC(C)(C)C)cn2)c1. The van der Waals surface area contributed by atoms with Gasteiger partial charge in [0, 0.05) is 24.0 Å². The molecule has 1 aromatic carbocycles. The standard InChI is InChI=1S/C17H22N4O3/c1-17(2,3)21-15(22)11-9-18-16(19-10-11)20-13-8-12(23-4)6-7-14(13)24-5/h6-10H,1-5H3,(H,21,22)(H,18,19,20). The Kier molecular flexibility index (Phi) is 5.23. The molecule has 2 rings (SSSR count). The summed E-state index contributed by atoms with van der Waals surface area (Å²) in [5.74, 6) is 1.45. The van der Waals surface area contributed by atoms with Gasteiger partial charge in [0.1, 0.15) is 11.5 Å². The molecule has 2 N–H and O–H groups in total. The molecule has 0 spiro atoms. The lowest BCUT2D eigenvalue weighted by Crippen LogP contribution is -2.40. The number of benzene rings is 1. The summed E-state index contributed by atoms with van der Waals surface area (Å²) in [5.41, 5.74) is 0.749. The predicted molar refractivity (Wildman–Crippen MR) is 92.1 cm³/mol. The van der Waals surface area contributed by atoms with Crippen molar-refractivity contribution < 1.29 is 14.3 Å². The van der Waals surface area contributed by atoms with Gasteiger partial charge in [-0.1, -0.05) is 0 Å². The van der Waals surface area contributed by atoms with Crippen molar-refractivity contribution in [2.24, 2.45) is 0 Å². The molecule has 7 nitrogen and oxygen atoms in total. The first-order valence-electron chi connectivity index (χ1n) is 7.46. The van der Waals surface area contributed by atoms with Crippen LogP contribution in [0.15, 0.2) is 30.6 Å². The van der Waals surface area contributed by atoms with Crippen LogP contribution in [0, 0.1) is 0 Å². The van der Waals surface area contributed by atoms with Crippen LogP contribution in [-0.4, -0.2) is 35.6 Å². The van der Waals surface area contributed by atoms with E-state index in [1.807, 2.05) is 20.8 Å². The molecule has 0 radical (unpaired) electrons. The van der Waals surface area contributed by atoms with E-state index in [2.05, 4.69) is 20.6 Å². The van der Waals surface area contributed by atoms with Gasteiger partial charge in [-0.3, -0.25) is 4.79 Å². The molecule has 0 aliphatic rings. The van der Waals surface area contributed by atoms with Crippen molar-refractivity contribution in [1.29, 1.82) is 0 Å². The van der Waals surface area contributed by atoms with Crippen LogP contribution in [0.25, 0.3) is 0 Å². The molecule has 0 atom stereocenters. The summed E-state index contributed by atoms with van der Waals surface area (Å²) < 4.78 is 10.5. The molecule has 128 valence electrons. The van der Waals surface area contributed by atoms with Gasteiger partial charge >= 0.3 is 0 Å². The molecule has 0 bridgehead atoms. The highest BCUT2D eigenvalue weighted by molar-refractivity contribution is 5.94. The molecule has 7 heteroatoms. The monoisotopic (exact) mass is 330 g/mol. The van der Waals surface area contributed by atoms with Crippen LogP contribution in [0.5, 0.6) is 11.5 Å². The van der Waals surface area contributed by atoms with E-state index in [1.54, 1.807) is 32.4 Å². The van der Waals surface area contributed by atoms with E-state index in [1.165, 1.54) is 12.4 Å². The van der Waals surface area contributed by atoms with Crippen molar-refractivity contribution in [3.63, 3.8) is 0 Å². The molecule has 0 fully saturated rings. The number of nitrogens with one attached hydrogen (secondary N) is 2. The maximum absolute atomic E-state index is 12.1. The Labute approximate surface area is 141 Å². The normalized spacial score (nSPS) is 10.9. The predicted octanol–water partition coefficient (Wildman–Crippen LogP) is 2.77. The van der Waals surface area contributed by atoms with Gasteiger partial charge in [-0.2, -0.15) is 0 Å². The fraction of sp³-hybridized carbons (Fsp3) is 0.353. The zero-order chi connectivity index (χ0) is 17.7. The Morgan fingerprint density at radius 3 is 2.29 bits per heavy atom. The highest BCUT2D eigenvalue weighted by Gasteiger charge is 2.16. The summed E-state index contributed by atoms with van der Waals surface area (Å²) in [6, 6.07) is 5.36. The van der Waals surface area contributed by atoms with Crippen LogP contribution in [0.2, 0.25) is 0 Å². The fourth-order valence-corrected chi connectivity index (χ4v) is 1.95.